The molecule has 5 nitrogen and oxygen atoms in total. The maximum absolute atomic E-state index is 9.99. The van der Waals surface area contributed by atoms with Gasteiger partial charge in [-0.2, -0.15) is 0 Å². The normalized spacial score (nSPS) is 25.6. The van der Waals surface area contributed by atoms with Crippen LogP contribution in [0.15, 0.2) is 20.7 Å². The van der Waals surface area contributed by atoms with E-state index in [1.54, 1.807) is 11.8 Å². The molecule has 0 bridgehead atoms. The Balaban J connectivity index is 2.09. The molecule has 2 aromatic rings. The average molecular weight is 421 g/mol. The molecule has 1 N–H and O–H groups in total. The molecule has 1 aromatic carbocycles. The highest BCUT2D eigenvalue weighted by atomic mass is 79.9. The van der Waals surface area contributed by atoms with Crippen molar-refractivity contribution < 1.29 is 5.11 Å². The van der Waals surface area contributed by atoms with Crippen LogP contribution in [-0.2, 0) is 0 Å². The summed E-state index contributed by atoms with van der Waals surface area (Å²) in [6.45, 7) is 5.77. The van der Waals surface area contributed by atoms with Gasteiger partial charge < -0.3 is 10.0 Å². The maximum Gasteiger partial charge on any atom is 0.189 e. The van der Waals surface area contributed by atoms with Crippen molar-refractivity contribution in [2.24, 2.45) is 10.9 Å². The number of nitrogens with zero attached hydrogens (tertiary/aromatic N) is 4. The Labute approximate surface area is 159 Å². The summed E-state index contributed by atoms with van der Waals surface area (Å²) in [5, 5.41) is 13.9. The largest absolute Gasteiger partial charge is 0.391 e. The van der Waals surface area contributed by atoms with Crippen molar-refractivity contribution in [2.75, 3.05) is 24.2 Å². The molecule has 1 saturated heterocycles. The fraction of sp³-hybridized carbons (Fsp3) is 0.500. The molecule has 0 saturated carbocycles. The van der Waals surface area contributed by atoms with Gasteiger partial charge >= 0.3 is 0 Å². The minimum Gasteiger partial charge on any atom is -0.391 e. The Hall–Kier alpha value is -1.18. The van der Waals surface area contributed by atoms with Crippen molar-refractivity contribution >= 4 is 50.5 Å². The van der Waals surface area contributed by atoms with Crippen LogP contribution in [0.25, 0.3) is 17.0 Å². The molecule has 0 spiro atoms. The molecule has 7 heteroatoms. The highest BCUT2D eigenvalue weighted by molar-refractivity contribution is 9.10. The van der Waals surface area contributed by atoms with E-state index >= 15 is 0 Å². The number of anilines is 1. The van der Waals surface area contributed by atoms with Crippen molar-refractivity contribution in [1.82, 2.24) is 9.97 Å². The third-order valence-electron chi connectivity index (χ3n) is 5.08. The van der Waals surface area contributed by atoms with Crippen LogP contribution in [-0.4, -0.2) is 46.6 Å². The van der Waals surface area contributed by atoms with E-state index in [0.717, 1.165) is 49.9 Å². The number of halogens is 1. The highest BCUT2D eigenvalue weighted by Gasteiger charge is 2.26. The first-order valence-electron chi connectivity index (χ1n) is 8.55. The molecule has 1 fully saturated rings. The Morgan fingerprint density at radius 3 is 2.80 bits per heavy atom. The van der Waals surface area contributed by atoms with E-state index in [2.05, 4.69) is 40.8 Å². The Bertz CT molecular complexity index is 964. The summed E-state index contributed by atoms with van der Waals surface area (Å²) in [7, 11) is 0. The van der Waals surface area contributed by atoms with Crippen LogP contribution in [0.1, 0.15) is 20.3 Å². The lowest BCUT2D eigenvalue weighted by atomic mass is 9.98. The Morgan fingerprint density at radius 2 is 2.12 bits per heavy atom. The molecule has 4 rings (SSSR count). The van der Waals surface area contributed by atoms with E-state index in [9.17, 15) is 5.11 Å². The standard InChI is InChI=1S/C18H21BrN4OS/c1-9-6-12-15-14(7-13(19)16(12)20-10(9)2)21-18(25-3)22-17(15)23-5-4-11(24)8-23/h6-7,9-11,24H,4-5,8H2,1-3H3. The van der Waals surface area contributed by atoms with Gasteiger partial charge in [-0.05, 0) is 47.5 Å². The topological polar surface area (TPSA) is 61.6 Å². The predicted molar refractivity (Wildman–Crippen MR) is 106 cm³/mol. The summed E-state index contributed by atoms with van der Waals surface area (Å²) in [6, 6.07) is 2.30. The third kappa shape index (κ3) is 2.96. The van der Waals surface area contributed by atoms with Gasteiger partial charge in [0.05, 0.1) is 28.4 Å². The lowest BCUT2D eigenvalue weighted by molar-refractivity contribution is 0.198. The number of hydrogen-bond acceptors (Lipinski definition) is 6. The summed E-state index contributed by atoms with van der Waals surface area (Å²) in [6.07, 6.45) is 4.77. The zero-order chi connectivity index (χ0) is 17.7. The van der Waals surface area contributed by atoms with Crippen LogP contribution in [0.4, 0.5) is 5.82 Å². The molecule has 2 aliphatic rings. The number of rotatable bonds is 2. The zero-order valence-corrected chi connectivity index (χ0v) is 16.9. The SMILES string of the molecule is CSc1nc(N2CCC(O)C2)c2c3c(c(Br)cc2n1)=NC(C)C(C)C=3. The van der Waals surface area contributed by atoms with Crippen LogP contribution in [0.5, 0.6) is 0 Å². The van der Waals surface area contributed by atoms with Gasteiger partial charge in [0, 0.05) is 22.8 Å². The van der Waals surface area contributed by atoms with E-state index in [1.165, 1.54) is 0 Å². The Kier molecular flexibility index (Phi) is 4.50. The van der Waals surface area contributed by atoms with E-state index in [0.29, 0.717) is 12.5 Å². The molecular weight excluding hydrogens is 400 g/mol. The molecule has 132 valence electrons. The molecule has 3 heterocycles. The van der Waals surface area contributed by atoms with Gasteiger partial charge in [-0.15, -0.1) is 0 Å². The van der Waals surface area contributed by atoms with Crippen molar-refractivity contribution in [3.8, 4) is 0 Å². The molecule has 1 aromatic heterocycles. The van der Waals surface area contributed by atoms with E-state index in [-0.39, 0.29) is 12.1 Å². The van der Waals surface area contributed by atoms with Gasteiger partial charge in [0.25, 0.3) is 0 Å². The number of benzene rings is 1. The second kappa shape index (κ2) is 6.52. The molecule has 2 aliphatic heterocycles. The van der Waals surface area contributed by atoms with Gasteiger partial charge in [-0.25, -0.2) is 9.97 Å². The predicted octanol–water partition coefficient (Wildman–Crippen LogP) is 2.12. The maximum atomic E-state index is 9.99. The van der Waals surface area contributed by atoms with E-state index in [4.69, 9.17) is 15.0 Å². The molecule has 3 unspecified atom stereocenters. The molecule has 0 amide bonds. The molecule has 25 heavy (non-hydrogen) atoms. The van der Waals surface area contributed by atoms with Gasteiger partial charge in [-0.3, -0.25) is 4.99 Å². The van der Waals surface area contributed by atoms with Crippen LogP contribution in [0.3, 0.4) is 0 Å². The van der Waals surface area contributed by atoms with Crippen molar-refractivity contribution in [2.45, 2.75) is 37.6 Å². The van der Waals surface area contributed by atoms with E-state index in [1.807, 2.05) is 12.3 Å². The highest BCUT2D eigenvalue weighted by Crippen LogP contribution is 2.28. The van der Waals surface area contributed by atoms with Crippen molar-refractivity contribution in [3.05, 3.63) is 21.1 Å². The summed E-state index contributed by atoms with van der Waals surface area (Å²) in [4.78, 5) is 16.6. The average Bonchev–Trinajstić information content (AvgIpc) is 3.02. The first-order chi connectivity index (χ1) is 12.0. The summed E-state index contributed by atoms with van der Waals surface area (Å²) < 4.78 is 0.975. The van der Waals surface area contributed by atoms with Crippen molar-refractivity contribution in [1.29, 1.82) is 0 Å². The third-order valence-corrected chi connectivity index (χ3v) is 6.23. The molecular formula is C18H21BrN4OS. The fourth-order valence-corrected chi connectivity index (χ4v) is 4.41. The monoisotopic (exact) mass is 420 g/mol. The summed E-state index contributed by atoms with van der Waals surface area (Å²) >= 11 is 5.22. The number of hydrogen-bond donors (Lipinski definition) is 1. The minimum absolute atomic E-state index is 0.254. The van der Waals surface area contributed by atoms with Crippen LogP contribution < -0.4 is 15.5 Å². The van der Waals surface area contributed by atoms with Crippen LogP contribution in [0.2, 0.25) is 0 Å². The first-order valence-corrected chi connectivity index (χ1v) is 10.6. The summed E-state index contributed by atoms with van der Waals surface area (Å²) in [5.41, 5.74) is 0.926. The number of thioether (sulfide) groups is 1. The van der Waals surface area contributed by atoms with Gasteiger partial charge in [0.15, 0.2) is 5.16 Å². The summed E-state index contributed by atoms with van der Waals surface area (Å²) in [5.74, 6) is 1.28. The van der Waals surface area contributed by atoms with Crippen LogP contribution >= 0.6 is 27.7 Å². The second-order valence-corrected chi connectivity index (χ2v) is 8.46. The van der Waals surface area contributed by atoms with Crippen molar-refractivity contribution in [3.63, 3.8) is 0 Å². The number of aliphatic hydroxyl groups is 1. The smallest absolute Gasteiger partial charge is 0.189 e. The molecule has 3 atom stereocenters. The van der Waals surface area contributed by atoms with Crippen LogP contribution in [0, 0.1) is 5.92 Å². The van der Waals surface area contributed by atoms with Gasteiger partial charge in [-0.1, -0.05) is 24.8 Å². The number of aliphatic hydroxyl groups excluding tert-OH is 1. The Morgan fingerprint density at radius 1 is 1.32 bits per heavy atom. The lowest BCUT2D eigenvalue weighted by Crippen LogP contribution is -2.37. The molecule has 0 radical (unpaired) electrons. The number of β-amino-alcohol motifs (C(OH)–C–C–N with tert-alkyl or cyclic N) is 1. The first kappa shape index (κ1) is 17.2. The number of fused-ring (bicyclic) bond motifs is 3. The van der Waals surface area contributed by atoms with E-state index < -0.39 is 0 Å². The fourth-order valence-electron chi connectivity index (χ4n) is 3.51. The minimum atomic E-state index is -0.290. The number of aromatic nitrogens is 2. The quantitative estimate of drug-likeness (QED) is 0.595. The van der Waals surface area contributed by atoms with Gasteiger partial charge in [0.2, 0.25) is 0 Å². The zero-order valence-electron chi connectivity index (χ0n) is 14.5. The second-order valence-electron chi connectivity index (χ2n) is 6.83. The van der Waals surface area contributed by atoms with Gasteiger partial charge in [0.1, 0.15) is 5.82 Å². The molecule has 0 aliphatic carbocycles. The lowest BCUT2D eigenvalue weighted by Gasteiger charge is -2.22.